The predicted octanol–water partition coefficient (Wildman–Crippen LogP) is -0.00280. The van der Waals surface area contributed by atoms with Gasteiger partial charge < -0.3 is 5.32 Å². The van der Waals surface area contributed by atoms with Gasteiger partial charge in [0.05, 0.1) is 5.75 Å². The summed E-state index contributed by atoms with van der Waals surface area (Å²) >= 11 is 0. The highest BCUT2D eigenvalue weighted by Gasteiger charge is 2.09. The second kappa shape index (κ2) is 4.73. The minimum Gasteiger partial charge on any atom is -0.351 e. The molecule has 1 aromatic carbocycles. The van der Waals surface area contributed by atoms with Crippen LogP contribution in [0.4, 0.5) is 0 Å². The van der Waals surface area contributed by atoms with Crippen LogP contribution in [0.15, 0.2) is 22.8 Å². The van der Waals surface area contributed by atoms with Gasteiger partial charge in [-0.2, -0.15) is 0 Å². The van der Waals surface area contributed by atoms with Crippen molar-refractivity contribution in [3.8, 4) is 0 Å². The Hall–Kier alpha value is -1.96. The number of carbonyl (C=O) groups is 1. The van der Waals surface area contributed by atoms with Gasteiger partial charge in [-0.05, 0) is 28.5 Å². The van der Waals surface area contributed by atoms with Gasteiger partial charge in [-0.25, -0.2) is 13.0 Å². The fourth-order valence-corrected chi connectivity index (χ4v) is 1.85. The third-order valence-electron chi connectivity index (χ3n) is 2.27. The van der Waals surface area contributed by atoms with E-state index in [-0.39, 0.29) is 18.2 Å². The first kappa shape index (κ1) is 12.5. The molecule has 0 atom stereocenters. The van der Waals surface area contributed by atoms with E-state index in [0.29, 0.717) is 16.6 Å². The summed E-state index contributed by atoms with van der Waals surface area (Å²) in [4.78, 5) is 11.7. The second-order valence-electron chi connectivity index (χ2n) is 3.85. The topological polar surface area (TPSA) is 102 Å². The summed E-state index contributed by atoms with van der Waals surface area (Å²) in [5.74, 6) is -0.449. The smallest absolute Gasteiger partial charge is 0.251 e. The molecular weight excluding hydrogens is 258 g/mol. The molecule has 1 aromatic heterocycles. The van der Waals surface area contributed by atoms with Gasteiger partial charge in [-0.15, -0.1) is 0 Å². The van der Waals surface area contributed by atoms with Gasteiger partial charge in [0.2, 0.25) is 0 Å². The maximum Gasteiger partial charge on any atom is 0.251 e. The Bertz CT molecular complexity index is 677. The Labute approximate surface area is 103 Å². The number of aromatic nitrogens is 2. The van der Waals surface area contributed by atoms with E-state index in [4.69, 9.17) is 0 Å². The monoisotopic (exact) mass is 269 g/mol. The van der Waals surface area contributed by atoms with Crippen molar-refractivity contribution in [1.29, 1.82) is 0 Å². The minimum absolute atomic E-state index is 0.0762. The van der Waals surface area contributed by atoms with E-state index in [0.717, 1.165) is 6.26 Å². The molecule has 0 aliphatic rings. The van der Waals surface area contributed by atoms with Crippen LogP contribution in [-0.2, 0) is 9.84 Å². The molecule has 8 heteroatoms. The second-order valence-corrected chi connectivity index (χ2v) is 6.11. The van der Waals surface area contributed by atoms with Gasteiger partial charge in [-0.3, -0.25) is 4.79 Å². The maximum absolute atomic E-state index is 11.7. The third kappa shape index (κ3) is 3.04. The van der Waals surface area contributed by atoms with Gasteiger partial charge >= 0.3 is 0 Å². The minimum atomic E-state index is -3.08. The summed E-state index contributed by atoms with van der Waals surface area (Å²) in [6.45, 7) is 0.0762. The zero-order valence-electron chi connectivity index (χ0n) is 9.58. The lowest BCUT2D eigenvalue weighted by Crippen LogP contribution is -2.28. The number of nitrogens with zero attached hydrogens (tertiary/aromatic N) is 2. The highest BCUT2D eigenvalue weighted by molar-refractivity contribution is 7.90. The van der Waals surface area contributed by atoms with Crippen molar-refractivity contribution in [1.82, 2.24) is 15.6 Å². The lowest BCUT2D eigenvalue weighted by molar-refractivity contribution is 0.0956. The molecule has 0 saturated carbocycles. The normalized spacial score (nSPS) is 11.6. The van der Waals surface area contributed by atoms with E-state index in [2.05, 4.69) is 20.3 Å². The van der Waals surface area contributed by atoms with Crippen LogP contribution in [-0.4, -0.2) is 43.2 Å². The Balaban J connectivity index is 2.04. The molecular formula is C10H11N3O4S. The summed E-state index contributed by atoms with van der Waals surface area (Å²) < 4.78 is 26.3. The van der Waals surface area contributed by atoms with Gasteiger partial charge in [0, 0.05) is 18.4 Å². The first-order chi connectivity index (χ1) is 8.46. The third-order valence-corrected chi connectivity index (χ3v) is 3.22. The van der Waals surface area contributed by atoms with Crippen LogP contribution in [0.3, 0.4) is 0 Å². The van der Waals surface area contributed by atoms with Crippen LogP contribution >= 0.6 is 0 Å². The first-order valence-corrected chi connectivity index (χ1v) is 7.20. The zero-order chi connectivity index (χ0) is 13.2. The number of hydrogen-bond acceptors (Lipinski definition) is 6. The molecule has 18 heavy (non-hydrogen) atoms. The largest absolute Gasteiger partial charge is 0.351 e. The SMILES string of the molecule is CS(=O)(=O)CCNC(=O)c1ccc2nonc2c1. The molecule has 0 spiro atoms. The van der Waals surface area contributed by atoms with E-state index in [9.17, 15) is 13.2 Å². The molecule has 96 valence electrons. The number of hydrogen-bond donors (Lipinski definition) is 1. The molecule has 0 aliphatic carbocycles. The van der Waals surface area contributed by atoms with Crippen LogP contribution < -0.4 is 5.32 Å². The molecule has 1 amide bonds. The van der Waals surface area contributed by atoms with Gasteiger partial charge in [0.1, 0.15) is 20.9 Å². The van der Waals surface area contributed by atoms with Gasteiger partial charge in [0.15, 0.2) is 0 Å². The average molecular weight is 269 g/mol. The lowest BCUT2D eigenvalue weighted by Gasteiger charge is -2.03. The predicted molar refractivity (Wildman–Crippen MR) is 63.8 cm³/mol. The van der Waals surface area contributed by atoms with Crippen LogP contribution in [0.2, 0.25) is 0 Å². The fraction of sp³-hybridized carbons (Fsp3) is 0.300. The Morgan fingerprint density at radius 3 is 2.78 bits per heavy atom. The Kier molecular flexibility index (Phi) is 3.28. The molecule has 0 aliphatic heterocycles. The number of nitrogens with one attached hydrogen (secondary N) is 1. The molecule has 0 saturated heterocycles. The van der Waals surface area contributed by atoms with Gasteiger partial charge in [-0.1, -0.05) is 0 Å². The van der Waals surface area contributed by atoms with E-state index < -0.39 is 9.84 Å². The molecule has 0 fully saturated rings. The number of fused-ring (bicyclic) bond motifs is 1. The van der Waals surface area contributed by atoms with E-state index in [1.807, 2.05) is 0 Å². The highest BCUT2D eigenvalue weighted by Crippen LogP contribution is 2.11. The van der Waals surface area contributed by atoms with Crippen molar-refractivity contribution in [2.45, 2.75) is 0 Å². The van der Waals surface area contributed by atoms with Gasteiger partial charge in [0.25, 0.3) is 5.91 Å². The van der Waals surface area contributed by atoms with Crippen LogP contribution in [0.25, 0.3) is 11.0 Å². The molecule has 7 nitrogen and oxygen atoms in total. The number of sulfone groups is 1. The highest BCUT2D eigenvalue weighted by atomic mass is 32.2. The summed E-state index contributed by atoms with van der Waals surface area (Å²) in [7, 11) is -3.08. The van der Waals surface area contributed by atoms with E-state index >= 15 is 0 Å². The summed E-state index contributed by atoms with van der Waals surface area (Å²) in [6.07, 6.45) is 1.12. The Morgan fingerprint density at radius 2 is 2.06 bits per heavy atom. The van der Waals surface area contributed by atoms with Crippen molar-refractivity contribution in [3.63, 3.8) is 0 Å². The van der Waals surface area contributed by atoms with Crippen molar-refractivity contribution in [3.05, 3.63) is 23.8 Å². The standard InChI is InChI=1S/C10H11N3O4S/c1-18(15,16)5-4-11-10(14)7-2-3-8-9(6-7)13-17-12-8/h2-3,6H,4-5H2,1H3,(H,11,14). The van der Waals surface area contributed by atoms with Crippen molar-refractivity contribution in [2.24, 2.45) is 0 Å². The number of benzene rings is 1. The lowest BCUT2D eigenvalue weighted by atomic mass is 10.2. The average Bonchev–Trinajstić information content (AvgIpc) is 2.73. The van der Waals surface area contributed by atoms with Crippen molar-refractivity contribution < 1.29 is 17.8 Å². The van der Waals surface area contributed by atoms with E-state index in [1.54, 1.807) is 12.1 Å². The molecule has 2 rings (SSSR count). The summed E-state index contributed by atoms with van der Waals surface area (Å²) in [5, 5.41) is 9.75. The zero-order valence-corrected chi connectivity index (χ0v) is 10.4. The molecule has 1 N–H and O–H groups in total. The molecule has 0 unspecified atom stereocenters. The number of amides is 1. The summed E-state index contributed by atoms with van der Waals surface area (Å²) in [6, 6.07) is 4.71. The quantitative estimate of drug-likeness (QED) is 0.838. The van der Waals surface area contributed by atoms with Crippen LogP contribution in [0.1, 0.15) is 10.4 Å². The van der Waals surface area contributed by atoms with Crippen molar-refractivity contribution >= 4 is 26.8 Å². The summed E-state index contributed by atoms with van der Waals surface area (Å²) in [5.41, 5.74) is 1.42. The maximum atomic E-state index is 11.7. The first-order valence-electron chi connectivity index (χ1n) is 5.14. The molecule has 0 bridgehead atoms. The molecule has 0 radical (unpaired) electrons. The number of carbonyl (C=O) groups excluding carboxylic acids is 1. The van der Waals surface area contributed by atoms with Crippen LogP contribution in [0.5, 0.6) is 0 Å². The Morgan fingerprint density at radius 1 is 1.33 bits per heavy atom. The molecule has 1 heterocycles. The number of rotatable bonds is 4. The molecule has 2 aromatic rings. The van der Waals surface area contributed by atoms with Crippen LogP contribution in [0, 0.1) is 0 Å². The van der Waals surface area contributed by atoms with Crippen molar-refractivity contribution in [2.75, 3.05) is 18.6 Å². The van der Waals surface area contributed by atoms with E-state index in [1.165, 1.54) is 6.07 Å². The fourth-order valence-electron chi connectivity index (χ4n) is 1.38.